The summed E-state index contributed by atoms with van der Waals surface area (Å²) in [5.74, 6) is 0.0209. The number of aromatic nitrogens is 2. The monoisotopic (exact) mass is 301 g/mol. The Kier molecular flexibility index (Phi) is 4.93. The number of carbonyl (C=O) groups excluding carboxylic acids is 1. The number of benzene rings is 1. The van der Waals surface area contributed by atoms with Gasteiger partial charge in [-0.2, -0.15) is 0 Å². The fraction of sp³-hybridized carbons (Fsp3) is 0.312. The van der Waals surface area contributed by atoms with Gasteiger partial charge in [0.1, 0.15) is 12.4 Å². The Balaban J connectivity index is 2.37. The third kappa shape index (κ3) is 3.33. The van der Waals surface area contributed by atoms with Gasteiger partial charge >= 0.3 is 0 Å². The standard InChI is InChI=1S/C16H19N3O3/c1-4-17-15(20)13-14(16(21)19(3)11(2)18-13)22-10-12-8-6-5-7-9-12/h5-9H,4,10H2,1-3H3,(H,17,20). The van der Waals surface area contributed by atoms with E-state index in [0.717, 1.165) is 5.56 Å². The summed E-state index contributed by atoms with van der Waals surface area (Å²) >= 11 is 0. The number of aryl methyl sites for hydroxylation is 1. The average Bonchev–Trinajstić information content (AvgIpc) is 2.52. The van der Waals surface area contributed by atoms with Gasteiger partial charge in [0.15, 0.2) is 5.69 Å². The minimum Gasteiger partial charge on any atom is -0.481 e. The lowest BCUT2D eigenvalue weighted by atomic mass is 10.2. The summed E-state index contributed by atoms with van der Waals surface area (Å²) in [7, 11) is 1.60. The van der Waals surface area contributed by atoms with Crippen molar-refractivity contribution in [2.24, 2.45) is 7.05 Å². The van der Waals surface area contributed by atoms with Crippen molar-refractivity contribution in [3.8, 4) is 5.75 Å². The van der Waals surface area contributed by atoms with Crippen molar-refractivity contribution >= 4 is 5.91 Å². The molecule has 0 saturated carbocycles. The second-order valence-corrected chi connectivity index (χ2v) is 4.83. The van der Waals surface area contributed by atoms with Gasteiger partial charge in [0, 0.05) is 13.6 Å². The van der Waals surface area contributed by atoms with Crippen LogP contribution in [0.2, 0.25) is 0 Å². The van der Waals surface area contributed by atoms with Crippen molar-refractivity contribution in [2.75, 3.05) is 6.54 Å². The van der Waals surface area contributed by atoms with Gasteiger partial charge in [-0.05, 0) is 19.4 Å². The molecule has 1 amide bonds. The van der Waals surface area contributed by atoms with Crippen LogP contribution in [0, 0.1) is 6.92 Å². The molecule has 0 aliphatic rings. The molecule has 1 heterocycles. The normalized spacial score (nSPS) is 10.3. The average molecular weight is 301 g/mol. The summed E-state index contributed by atoms with van der Waals surface area (Å²) in [5, 5.41) is 2.64. The number of ether oxygens (including phenoxy) is 1. The molecular formula is C16H19N3O3. The van der Waals surface area contributed by atoms with Crippen molar-refractivity contribution in [2.45, 2.75) is 20.5 Å². The van der Waals surface area contributed by atoms with E-state index in [4.69, 9.17) is 4.74 Å². The molecular weight excluding hydrogens is 282 g/mol. The molecule has 1 aromatic carbocycles. The van der Waals surface area contributed by atoms with Gasteiger partial charge in [0.05, 0.1) is 0 Å². The number of carbonyl (C=O) groups is 1. The first kappa shape index (κ1) is 15.8. The van der Waals surface area contributed by atoms with E-state index in [1.54, 1.807) is 20.9 Å². The molecule has 0 spiro atoms. The molecule has 1 aromatic heterocycles. The van der Waals surface area contributed by atoms with Crippen molar-refractivity contribution in [3.63, 3.8) is 0 Å². The summed E-state index contributed by atoms with van der Waals surface area (Å²) in [6, 6.07) is 9.44. The Morgan fingerprint density at radius 3 is 2.64 bits per heavy atom. The summed E-state index contributed by atoms with van der Waals surface area (Å²) in [6.45, 7) is 4.13. The van der Waals surface area contributed by atoms with Gasteiger partial charge in [-0.25, -0.2) is 4.98 Å². The van der Waals surface area contributed by atoms with Gasteiger partial charge in [0.25, 0.3) is 11.5 Å². The zero-order chi connectivity index (χ0) is 16.1. The summed E-state index contributed by atoms with van der Waals surface area (Å²) < 4.78 is 6.96. The van der Waals surface area contributed by atoms with E-state index in [1.165, 1.54) is 4.57 Å². The van der Waals surface area contributed by atoms with Gasteiger partial charge in [-0.3, -0.25) is 14.2 Å². The summed E-state index contributed by atoms with van der Waals surface area (Å²) in [4.78, 5) is 28.6. The Bertz CT molecular complexity index is 723. The van der Waals surface area contributed by atoms with Crippen LogP contribution in [0.4, 0.5) is 0 Å². The molecule has 22 heavy (non-hydrogen) atoms. The maximum absolute atomic E-state index is 12.4. The third-order valence-electron chi connectivity index (χ3n) is 3.25. The van der Waals surface area contributed by atoms with Gasteiger partial charge in [-0.15, -0.1) is 0 Å². The zero-order valence-corrected chi connectivity index (χ0v) is 12.9. The summed E-state index contributed by atoms with van der Waals surface area (Å²) in [6.07, 6.45) is 0. The molecule has 2 aromatic rings. The smallest absolute Gasteiger partial charge is 0.296 e. The second kappa shape index (κ2) is 6.89. The molecule has 0 radical (unpaired) electrons. The van der Waals surface area contributed by atoms with Crippen LogP contribution in [0.5, 0.6) is 5.75 Å². The van der Waals surface area contributed by atoms with Crippen LogP contribution in [0.25, 0.3) is 0 Å². The van der Waals surface area contributed by atoms with Gasteiger partial charge < -0.3 is 10.1 Å². The predicted octanol–water partition coefficient (Wildman–Crippen LogP) is 1.42. The second-order valence-electron chi connectivity index (χ2n) is 4.83. The van der Waals surface area contributed by atoms with Gasteiger partial charge in [-0.1, -0.05) is 30.3 Å². The highest BCUT2D eigenvalue weighted by atomic mass is 16.5. The van der Waals surface area contributed by atoms with E-state index in [2.05, 4.69) is 10.3 Å². The lowest BCUT2D eigenvalue weighted by Gasteiger charge is -2.13. The van der Waals surface area contributed by atoms with Crippen LogP contribution < -0.4 is 15.6 Å². The maximum Gasteiger partial charge on any atom is 0.296 e. The molecule has 1 N–H and O–H groups in total. The largest absolute Gasteiger partial charge is 0.481 e. The topological polar surface area (TPSA) is 73.2 Å². The molecule has 2 rings (SSSR count). The van der Waals surface area contributed by atoms with Crippen LogP contribution in [0.3, 0.4) is 0 Å². The molecule has 0 aliphatic heterocycles. The number of nitrogens with one attached hydrogen (secondary N) is 1. The molecule has 0 bridgehead atoms. The van der Waals surface area contributed by atoms with Crippen LogP contribution in [0.15, 0.2) is 35.1 Å². The molecule has 116 valence electrons. The van der Waals surface area contributed by atoms with Crippen molar-refractivity contribution in [1.29, 1.82) is 0 Å². The number of amides is 1. The first-order valence-electron chi connectivity index (χ1n) is 7.07. The number of nitrogens with zero attached hydrogens (tertiary/aromatic N) is 2. The van der Waals surface area contributed by atoms with Crippen molar-refractivity contribution < 1.29 is 9.53 Å². The third-order valence-corrected chi connectivity index (χ3v) is 3.25. The Hall–Kier alpha value is -2.63. The Labute approximate surface area is 128 Å². The zero-order valence-electron chi connectivity index (χ0n) is 12.9. The number of hydrogen-bond acceptors (Lipinski definition) is 4. The van der Waals surface area contributed by atoms with Crippen LogP contribution in [-0.4, -0.2) is 22.0 Å². The molecule has 0 fully saturated rings. The Morgan fingerprint density at radius 1 is 1.32 bits per heavy atom. The maximum atomic E-state index is 12.4. The van der Waals surface area contributed by atoms with Crippen LogP contribution in [-0.2, 0) is 13.7 Å². The molecule has 6 heteroatoms. The van der Waals surface area contributed by atoms with E-state index in [1.807, 2.05) is 30.3 Å². The molecule has 0 aliphatic carbocycles. The summed E-state index contributed by atoms with van der Waals surface area (Å²) in [5.41, 5.74) is 0.565. The van der Waals surface area contributed by atoms with E-state index < -0.39 is 5.91 Å². The van der Waals surface area contributed by atoms with E-state index in [-0.39, 0.29) is 23.6 Å². The number of hydrogen-bond donors (Lipinski definition) is 1. The van der Waals surface area contributed by atoms with E-state index >= 15 is 0 Å². The van der Waals surface area contributed by atoms with Gasteiger partial charge in [0.2, 0.25) is 5.75 Å². The SMILES string of the molecule is CCNC(=O)c1nc(C)n(C)c(=O)c1OCc1ccccc1. The molecule has 0 unspecified atom stereocenters. The molecule has 6 nitrogen and oxygen atoms in total. The first-order valence-corrected chi connectivity index (χ1v) is 7.07. The fourth-order valence-electron chi connectivity index (χ4n) is 1.95. The van der Waals surface area contributed by atoms with Crippen LogP contribution in [0.1, 0.15) is 28.8 Å². The Morgan fingerprint density at radius 2 is 2.00 bits per heavy atom. The van der Waals surface area contributed by atoms with E-state index in [0.29, 0.717) is 12.4 Å². The first-order chi connectivity index (χ1) is 10.5. The molecule has 0 atom stereocenters. The number of rotatable bonds is 5. The minimum atomic E-state index is -0.411. The fourth-order valence-corrected chi connectivity index (χ4v) is 1.95. The highest BCUT2D eigenvalue weighted by Gasteiger charge is 2.20. The molecule has 0 saturated heterocycles. The van der Waals surface area contributed by atoms with E-state index in [9.17, 15) is 9.59 Å². The van der Waals surface area contributed by atoms with Crippen molar-refractivity contribution in [1.82, 2.24) is 14.9 Å². The lowest BCUT2D eigenvalue weighted by molar-refractivity contribution is 0.0944. The lowest BCUT2D eigenvalue weighted by Crippen LogP contribution is -2.31. The predicted molar refractivity (Wildman–Crippen MR) is 83.0 cm³/mol. The highest BCUT2D eigenvalue weighted by Crippen LogP contribution is 2.13. The quantitative estimate of drug-likeness (QED) is 0.906. The minimum absolute atomic E-state index is 0.0251. The van der Waals surface area contributed by atoms with Crippen LogP contribution >= 0.6 is 0 Å². The van der Waals surface area contributed by atoms with Crippen molar-refractivity contribution in [3.05, 3.63) is 57.8 Å². The highest BCUT2D eigenvalue weighted by molar-refractivity contribution is 5.94.